The van der Waals surface area contributed by atoms with E-state index in [4.69, 9.17) is 0 Å². The Balaban J connectivity index is 2.29. The van der Waals surface area contributed by atoms with Gasteiger partial charge in [0.05, 0.1) is 12.1 Å². The van der Waals surface area contributed by atoms with Crippen LogP contribution in [0.5, 0.6) is 0 Å². The number of fused-ring (bicyclic) bond motifs is 3. The van der Waals surface area contributed by atoms with E-state index in [1.54, 1.807) is 0 Å². The maximum absolute atomic E-state index is 12.3. The largest absolute Gasteiger partial charge is 0.312 e. The molecule has 0 bridgehead atoms. The van der Waals surface area contributed by atoms with Gasteiger partial charge in [0.2, 0.25) is 5.91 Å². The molecule has 0 N–H and O–H groups in total. The molecule has 90 valence electrons. The standard InChI is InChI=1S/C16H15NO/c1-2-17-15-10-6-5-9-14(15)13-8-4-3-7-12(13)11-16(17)18/h3-10H,2,11H2,1H3. The van der Waals surface area contributed by atoms with Gasteiger partial charge in [-0.3, -0.25) is 4.79 Å². The van der Waals surface area contributed by atoms with Crippen LogP contribution in [0.2, 0.25) is 0 Å². The highest BCUT2D eigenvalue weighted by Crippen LogP contribution is 2.36. The minimum absolute atomic E-state index is 0.176. The van der Waals surface area contributed by atoms with Gasteiger partial charge in [-0.15, -0.1) is 0 Å². The second-order valence-corrected chi connectivity index (χ2v) is 4.49. The van der Waals surface area contributed by atoms with Crippen LogP contribution in [0, 0.1) is 0 Å². The Kier molecular flexibility index (Phi) is 2.63. The Bertz CT molecular complexity index is 604. The van der Waals surface area contributed by atoms with E-state index in [0.717, 1.165) is 16.8 Å². The second kappa shape index (κ2) is 4.30. The molecule has 0 saturated heterocycles. The van der Waals surface area contributed by atoms with Crippen molar-refractivity contribution in [1.82, 2.24) is 0 Å². The topological polar surface area (TPSA) is 20.3 Å². The van der Waals surface area contributed by atoms with Crippen LogP contribution in [0.4, 0.5) is 5.69 Å². The first-order valence-corrected chi connectivity index (χ1v) is 6.29. The number of carbonyl (C=O) groups is 1. The van der Waals surface area contributed by atoms with Crippen molar-refractivity contribution in [3.8, 4) is 11.1 Å². The summed E-state index contributed by atoms with van der Waals surface area (Å²) in [5, 5.41) is 0. The highest BCUT2D eigenvalue weighted by Gasteiger charge is 2.23. The number of para-hydroxylation sites is 1. The van der Waals surface area contributed by atoms with Gasteiger partial charge in [0, 0.05) is 12.1 Å². The molecule has 0 radical (unpaired) electrons. The van der Waals surface area contributed by atoms with Gasteiger partial charge in [0.15, 0.2) is 0 Å². The van der Waals surface area contributed by atoms with E-state index >= 15 is 0 Å². The van der Waals surface area contributed by atoms with Crippen LogP contribution in [-0.2, 0) is 11.2 Å². The van der Waals surface area contributed by atoms with Crippen LogP contribution in [0.15, 0.2) is 48.5 Å². The van der Waals surface area contributed by atoms with Crippen LogP contribution >= 0.6 is 0 Å². The molecule has 3 rings (SSSR count). The summed E-state index contributed by atoms with van der Waals surface area (Å²) in [4.78, 5) is 14.2. The summed E-state index contributed by atoms with van der Waals surface area (Å²) < 4.78 is 0. The fourth-order valence-corrected chi connectivity index (χ4v) is 2.61. The molecule has 2 heteroatoms. The lowest BCUT2D eigenvalue weighted by atomic mass is 9.98. The highest BCUT2D eigenvalue weighted by atomic mass is 16.2. The first-order valence-electron chi connectivity index (χ1n) is 6.29. The maximum atomic E-state index is 12.3. The molecule has 18 heavy (non-hydrogen) atoms. The molecule has 2 nitrogen and oxygen atoms in total. The molecule has 0 spiro atoms. The van der Waals surface area contributed by atoms with Crippen molar-refractivity contribution >= 4 is 11.6 Å². The molecule has 0 aromatic heterocycles. The monoisotopic (exact) mass is 237 g/mol. The van der Waals surface area contributed by atoms with Crippen LogP contribution in [0.3, 0.4) is 0 Å². The van der Waals surface area contributed by atoms with Gasteiger partial charge < -0.3 is 4.90 Å². The Morgan fingerprint density at radius 1 is 1.00 bits per heavy atom. The SMILES string of the molecule is CCN1C(=O)Cc2ccccc2-c2ccccc21. The molecule has 0 unspecified atom stereocenters. The molecule has 2 aromatic rings. The fourth-order valence-electron chi connectivity index (χ4n) is 2.61. The Morgan fingerprint density at radius 2 is 1.67 bits per heavy atom. The molecular formula is C16H15NO. The van der Waals surface area contributed by atoms with E-state index in [-0.39, 0.29) is 5.91 Å². The van der Waals surface area contributed by atoms with E-state index < -0.39 is 0 Å². The molecule has 1 heterocycles. The number of benzene rings is 2. The first-order chi connectivity index (χ1) is 8.81. The number of anilines is 1. The molecule has 1 aliphatic heterocycles. The second-order valence-electron chi connectivity index (χ2n) is 4.49. The molecule has 2 aromatic carbocycles. The van der Waals surface area contributed by atoms with E-state index in [2.05, 4.69) is 12.1 Å². The molecule has 0 fully saturated rings. The lowest BCUT2D eigenvalue weighted by Gasteiger charge is -2.20. The van der Waals surface area contributed by atoms with Crippen molar-refractivity contribution in [3.63, 3.8) is 0 Å². The number of amides is 1. The zero-order valence-electron chi connectivity index (χ0n) is 10.4. The summed E-state index contributed by atoms with van der Waals surface area (Å²) in [6.07, 6.45) is 0.485. The number of nitrogens with zero attached hydrogens (tertiary/aromatic N) is 1. The third-order valence-electron chi connectivity index (χ3n) is 3.46. The molecule has 1 aliphatic rings. The molecular weight excluding hydrogens is 222 g/mol. The summed E-state index contributed by atoms with van der Waals surface area (Å²) in [6, 6.07) is 16.3. The maximum Gasteiger partial charge on any atom is 0.231 e. The average molecular weight is 237 g/mol. The summed E-state index contributed by atoms with van der Waals surface area (Å²) in [6.45, 7) is 2.73. The lowest BCUT2D eigenvalue weighted by Crippen LogP contribution is -2.31. The van der Waals surface area contributed by atoms with E-state index in [9.17, 15) is 4.79 Å². The first kappa shape index (κ1) is 11.0. The molecule has 0 aliphatic carbocycles. The zero-order chi connectivity index (χ0) is 12.5. The predicted molar refractivity (Wildman–Crippen MR) is 73.6 cm³/mol. The van der Waals surface area contributed by atoms with Crippen molar-refractivity contribution in [2.24, 2.45) is 0 Å². The highest BCUT2D eigenvalue weighted by molar-refractivity contribution is 6.02. The van der Waals surface area contributed by atoms with Crippen LogP contribution in [0.1, 0.15) is 12.5 Å². The molecule has 0 saturated carbocycles. The van der Waals surface area contributed by atoms with Gasteiger partial charge in [-0.25, -0.2) is 0 Å². The van der Waals surface area contributed by atoms with Gasteiger partial charge in [0.1, 0.15) is 0 Å². The van der Waals surface area contributed by atoms with Gasteiger partial charge in [0.25, 0.3) is 0 Å². The van der Waals surface area contributed by atoms with Gasteiger partial charge in [-0.1, -0.05) is 42.5 Å². The summed E-state index contributed by atoms with van der Waals surface area (Å²) in [5.41, 5.74) is 4.47. The number of likely N-dealkylation sites (N-methyl/N-ethyl adjacent to an activating group) is 1. The van der Waals surface area contributed by atoms with E-state index in [1.807, 2.05) is 48.2 Å². The fraction of sp³-hybridized carbons (Fsp3) is 0.188. The summed E-state index contributed by atoms with van der Waals surface area (Å²) in [7, 11) is 0. The molecule has 1 amide bonds. The quantitative estimate of drug-likeness (QED) is 0.745. The van der Waals surface area contributed by atoms with Crippen LogP contribution < -0.4 is 4.90 Å². The lowest BCUT2D eigenvalue weighted by molar-refractivity contribution is -0.117. The predicted octanol–water partition coefficient (Wildman–Crippen LogP) is 3.26. The Labute approximate surface area is 107 Å². The summed E-state index contributed by atoms with van der Waals surface area (Å²) in [5.74, 6) is 0.176. The average Bonchev–Trinajstić information content (AvgIpc) is 2.52. The zero-order valence-corrected chi connectivity index (χ0v) is 10.4. The third-order valence-corrected chi connectivity index (χ3v) is 3.46. The number of rotatable bonds is 1. The van der Waals surface area contributed by atoms with E-state index in [1.165, 1.54) is 5.56 Å². The van der Waals surface area contributed by atoms with Crippen LogP contribution in [-0.4, -0.2) is 12.5 Å². The van der Waals surface area contributed by atoms with Gasteiger partial charge in [-0.05, 0) is 24.1 Å². The number of hydrogen-bond acceptors (Lipinski definition) is 1. The van der Waals surface area contributed by atoms with Crippen molar-refractivity contribution in [3.05, 3.63) is 54.1 Å². The minimum Gasteiger partial charge on any atom is -0.312 e. The van der Waals surface area contributed by atoms with Gasteiger partial charge >= 0.3 is 0 Å². The third kappa shape index (κ3) is 1.61. The number of hydrogen-bond donors (Lipinski definition) is 0. The van der Waals surface area contributed by atoms with Gasteiger partial charge in [-0.2, -0.15) is 0 Å². The summed E-state index contributed by atoms with van der Waals surface area (Å²) >= 11 is 0. The minimum atomic E-state index is 0.176. The van der Waals surface area contributed by atoms with Crippen molar-refractivity contribution in [2.45, 2.75) is 13.3 Å². The van der Waals surface area contributed by atoms with Crippen molar-refractivity contribution < 1.29 is 4.79 Å². The molecule has 0 atom stereocenters. The Morgan fingerprint density at radius 3 is 2.44 bits per heavy atom. The normalized spacial score (nSPS) is 13.8. The van der Waals surface area contributed by atoms with E-state index in [0.29, 0.717) is 13.0 Å². The Hall–Kier alpha value is -2.09. The van der Waals surface area contributed by atoms with Crippen molar-refractivity contribution in [2.75, 3.05) is 11.4 Å². The number of carbonyl (C=O) groups excluding carboxylic acids is 1. The van der Waals surface area contributed by atoms with Crippen LogP contribution in [0.25, 0.3) is 11.1 Å². The smallest absolute Gasteiger partial charge is 0.231 e. The van der Waals surface area contributed by atoms with Crippen molar-refractivity contribution in [1.29, 1.82) is 0 Å².